The first kappa shape index (κ1) is 10.5. The lowest BCUT2D eigenvalue weighted by Gasteiger charge is -2.08. The van der Waals surface area contributed by atoms with Gasteiger partial charge in [-0.2, -0.15) is 0 Å². The summed E-state index contributed by atoms with van der Waals surface area (Å²) >= 11 is 0. The van der Waals surface area contributed by atoms with Gasteiger partial charge >= 0.3 is 0 Å². The molecule has 0 atom stereocenters. The van der Waals surface area contributed by atoms with Crippen LogP contribution in [0.15, 0.2) is 18.2 Å². The molecule has 0 radical (unpaired) electrons. The third-order valence-corrected chi connectivity index (χ3v) is 1.78. The van der Waals surface area contributed by atoms with Crippen LogP contribution in [0, 0.1) is 5.82 Å². The van der Waals surface area contributed by atoms with Gasteiger partial charge in [-0.15, -0.1) is 0 Å². The smallest absolute Gasteiger partial charge is 0.217 e. The monoisotopic (exact) mass is 197 g/mol. The molecule has 3 nitrogen and oxygen atoms in total. The first-order valence-corrected chi connectivity index (χ1v) is 4.20. The molecule has 0 aliphatic heterocycles. The van der Waals surface area contributed by atoms with Gasteiger partial charge in [-0.25, -0.2) is 4.39 Å². The highest BCUT2D eigenvalue weighted by Gasteiger charge is 2.04. The number of methoxy groups -OCH3 is 1. The maximum Gasteiger partial charge on any atom is 0.217 e. The Morgan fingerprint density at radius 2 is 2.29 bits per heavy atom. The van der Waals surface area contributed by atoms with Crippen LogP contribution in [0.2, 0.25) is 0 Å². The number of ether oxygens (including phenoxy) is 1. The number of rotatable bonds is 3. The minimum absolute atomic E-state index is 0.128. The van der Waals surface area contributed by atoms with E-state index in [1.165, 1.54) is 26.2 Å². The van der Waals surface area contributed by atoms with Crippen molar-refractivity contribution in [3.05, 3.63) is 29.6 Å². The first-order chi connectivity index (χ1) is 6.63. The molecule has 0 unspecified atom stereocenters. The molecular weight excluding hydrogens is 185 g/mol. The maximum absolute atomic E-state index is 12.8. The molecule has 14 heavy (non-hydrogen) atoms. The van der Waals surface area contributed by atoms with Crippen LogP contribution in [0.1, 0.15) is 12.5 Å². The third-order valence-electron chi connectivity index (χ3n) is 1.78. The number of hydrogen-bond acceptors (Lipinski definition) is 2. The Morgan fingerprint density at radius 1 is 1.57 bits per heavy atom. The number of benzene rings is 1. The Kier molecular flexibility index (Phi) is 3.45. The number of carbonyl (C=O) groups excluding carboxylic acids is 1. The van der Waals surface area contributed by atoms with Crippen LogP contribution in [0.3, 0.4) is 0 Å². The van der Waals surface area contributed by atoms with E-state index in [0.29, 0.717) is 12.3 Å². The highest BCUT2D eigenvalue weighted by atomic mass is 19.1. The van der Waals surface area contributed by atoms with Crippen LogP contribution < -0.4 is 10.1 Å². The lowest BCUT2D eigenvalue weighted by molar-refractivity contribution is -0.119. The number of carbonyl (C=O) groups is 1. The third kappa shape index (κ3) is 2.73. The minimum Gasteiger partial charge on any atom is -0.496 e. The summed E-state index contributed by atoms with van der Waals surface area (Å²) in [6, 6.07) is 4.21. The van der Waals surface area contributed by atoms with Crippen LogP contribution in [-0.4, -0.2) is 13.0 Å². The number of amides is 1. The van der Waals surface area contributed by atoms with Crippen molar-refractivity contribution in [3.8, 4) is 5.75 Å². The van der Waals surface area contributed by atoms with Crippen LogP contribution in [0.4, 0.5) is 4.39 Å². The molecule has 1 aromatic rings. The second kappa shape index (κ2) is 4.60. The molecule has 1 amide bonds. The van der Waals surface area contributed by atoms with E-state index in [9.17, 15) is 9.18 Å². The quantitative estimate of drug-likeness (QED) is 0.796. The van der Waals surface area contributed by atoms with Gasteiger partial charge in [0.25, 0.3) is 0 Å². The average molecular weight is 197 g/mol. The predicted molar refractivity (Wildman–Crippen MR) is 50.5 cm³/mol. The Hall–Kier alpha value is -1.58. The van der Waals surface area contributed by atoms with Gasteiger partial charge in [0.15, 0.2) is 0 Å². The Balaban J connectivity index is 2.80. The van der Waals surface area contributed by atoms with Crippen molar-refractivity contribution < 1.29 is 13.9 Å². The van der Waals surface area contributed by atoms with Crippen molar-refractivity contribution in [2.45, 2.75) is 13.5 Å². The second-order valence-corrected chi connectivity index (χ2v) is 2.87. The SMILES string of the molecule is COc1cc(F)ccc1CNC(C)=O. The van der Waals surface area contributed by atoms with Crippen molar-refractivity contribution in [1.29, 1.82) is 0 Å². The van der Waals surface area contributed by atoms with E-state index in [1.807, 2.05) is 0 Å². The zero-order valence-corrected chi connectivity index (χ0v) is 8.13. The normalized spacial score (nSPS) is 9.64. The summed E-state index contributed by atoms with van der Waals surface area (Å²) in [5.74, 6) is -0.0384. The van der Waals surface area contributed by atoms with Gasteiger partial charge in [0, 0.05) is 25.1 Å². The highest BCUT2D eigenvalue weighted by molar-refractivity contribution is 5.72. The van der Waals surface area contributed by atoms with Crippen molar-refractivity contribution >= 4 is 5.91 Å². The molecular formula is C10H12FNO2. The van der Waals surface area contributed by atoms with Crippen LogP contribution in [-0.2, 0) is 11.3 Å². The van der Waals surface area contributed by atoms with E-state index in [2.05, 4.69) is 5.32 Å². The maximum atomic E-state index is 12.8. The summed E-state index contributed by atoms with van der Waals surface area (Å²) in [5.41, 5.74) is 0.754. The molecule has 1 aromatic carbocycles. The minimum atomic E-state index is -0.353. The lowest BCUT2D eigenvalue weighted by atomic mass is 10.2. The fourth-order valence-electron chi connectivity index (χ4n) is 1.08. The molecule has 0 aliphatic rings. The van der Waals surface area contributed by atoms with Crippen LogP contribution in [0.5, 0.6) is 5.75 Å². The summed E-state index contributed by atoms with van der Waals surface area (Å²) < 4.78 is 17.7. The average Bonchev–Trinajstić information content (AvgIpc) is 2.15. The van der Waals surface area contributed by atoms with Gasteiger partial charge in [0.1, 0.15) is 11.6 Å². The van der Waals surface area contributed by atoms with E-state index in [1.54, 1.807) is 6.07 Å². The Morgan fingerprint density at radius 3 is 2.86 bits per heavy atom. The van der Waals surface area contributed by atoms with Gasteiger partial charge in [-0.05, 0) is 6.07 Å². The molecule has 0 spiro atoms. The molecule has 0 bridgehead atoms. The molecule has 76 valence electrons. The van der Waals surface area contributed by atoms with E-state index in [4.69, 9.17) is 4.74 Å². The van der Waals surface area contributed by atoms with Gasteiger partial charge < -0.3 is 10.1 Å². The van der Waals surface area contributed by atoms with Crippen LogP contribution >= 0.6 is 0 Å². The summed E-state index contributed by atoms with van der Waals surface area (Å²) in [6.07, 6.45) is 0. The summed E-state index contributed by atoms with van der Waals surface area (Å²) in [6.45, 7) is 1.77. The van der Waals surface area contributed by atoms with Gasteiger partial charge in [0.05, 0.1) is 7.11 Å². The van der Waals surface area contributed by atoms with E-state index in [0.717, 1.165) is 5.56 Å². The standard InChI is InChI=1S/C10H12FNO2/c1-7(13)12-6-8-3-4-9(11)5-10(8)14-2/h3-5H,6H2,1-2H3,(H,12,13). The van der Waals surface area contributed by atoms with Gasteiger partial charge in [0.2, 0.25) is 5.91 Å². The van der Waals surface area contributed by atoms with E-state index >= 15 is 0 Å². The second-order valence-electron chi connectivity index (χ2n) is 2.87. The van der Waals surface area contributed by atoms with Gasteiger partial charge in [-0.1, -0.05) is 6.07 Å². The number of nitrogens with one attached hydrogen (secondary N) is 1. The first-order valence-electron chi connectivity index (χ1n) is 4.20. The molecule has 0 aliphatic carbocycles. The Labute approximate surface area is 81.9 Å². The zero-order chi connectivity index (χ0) is 10.6. The molecule has 1 N–H and O–H groups in total. The summed E-state index contributed by atoms with van der Waals surface area (Å²) in [5, 5.41) is 2.61. The zero-order valence-electron chi connectivity index (χ0n) is 8.13. The lowest BCUT2D eigenvalue weighted by Crippen LogP contribution is -2.19. The molecule has 0 heterocycles. The predicted octanol–water partition coefficient (Wildman–Crippen LogP) is 1.47. The number of hydrogen-bond donors (Lipinski definition) is 1. The van der Waals surface area contributed by atoms with Crippen molar-refractivity contribution in [3.63, 3.8) is 0 Å². The highest BCUT2D eigenvalue weighted by Crippen LogP contribution is 2.18. The van der Waals surface area contributed by atoms with Gasteiger partial charge in [-0.3, -0.25) is 4.79 Å². The summed E-state index contributed by atoms with van der Waals surface area (Å²) in [4.78, 5) is 10.7. The van der Waals surface area contributed by atoms with Crippen molar-refractivity contribution in [2.24, 2.45) is 0 Å². The van der Waals surface area contributed by atoms with E-state index < -0.39 is 0 Å². The van der Waals surface area contributed by atoms with Crippen molar-refractivity contribution in [1.82, 2.24) is 5.32 Å². The molecule has 0 fully saturated rings. The molecule has 1 rings (SSSR count). The topological polar surface area (TPSA) is 38.3 Å². The van der Waals surface area contributed by atoms with Crippen molar-refractivity contribution in [2.75, 3.05) is 7.11 Å². The Bertz CT molecular complexity index is 339. The number of halogens is 1. The fraction of sp³-hybridized carbons (Fsp3) is 0.300. The fourth-order valence-corrected chi connectivity index (χ4v) is 1.08. The molecule has 0 saturated heterocycles. The largest absolute Gasteiger partial charge is 0.496 e. The van der Waals surface area contributed by atoms with Crippen LogP contribution in [0.25, 0.3) is 0 Å². The molecule has 0 saturated carbocycles. The molecule has 0 aromatic heterocycles. The van der Waals surface area contributed by atoms with E-state index in [-0.39, 0.29) is 11.7 Å². The summed E-state index contributed by atoms with van der Waals surface area (Å²) in [7, 11) is 1.46. The molecule has 4 heteroatoms.